The van der Waals surface area contributed by atoms with Gasteiger partial charge in [0.15, 0.2) is 5.82 Å². The van der Waals surface area contributed by atoms with Gasteiger partial charge in [0.05, 0.1) is 0 Å². The molecule has 0 aliphatic rings. The van der Waals surface area contributed by atoms with Gasteiger partial charge in [-0.1, -0.05) is 13.8 Å². The fourth-order valence-corrected chi connectivity index (χ4v) is 1.82. The molecule has 0 fully saturated rings. The van der Waals surface area contributed by atoms with Crippen LogP contribution in [-0.4, -0.2) is 51.3 Å². The first kappa shape index (κ1) is 14.1. The Labute approximate surface area is 103 Å². The van der Waals surface area contributed by atoms with Crippen LogP contribution in [-0.2, 0) is 13.0 Å². The molecule has 0 unspecified atom stereocenters. The van der Waals surface area contributed by atoms with Gasteiger partial charge in [-0.05, 0) is 49.4 Å². The maximum atomic E-state index is 5.49. The van der Waals surface area contributed by atoms with Crippen LogP contribution in [0, 0.1) is 0 Å². The third-order valence-corrected chi connectivity index (χ3v) is 2.95. The molecule has 0 amide bonds. The van der Waals surface area contributed by atoms with Crippen molar-refractivity contribution in [3.8, 4) is 0 Å². The number of aromatic nitrogens is 4. The Morgan fingerprint density at radius 1 is 1.24 bits per heavy atom. The fraction of sp³-hybridized carbons (Fsp3) is 0.909. The molecule has 6 nitrogen and oxygen atoms in total. The van der Waals surface area contributed by atoms with Crippen molar-refractivity contribution < 1.29 is 0 Å². The quantitative estimate of drug-likeness (QED) is 0.672. The topological polar surface area (TPSA) is 72.9 Å². The summed E-state index contributed by atoms with van der Waals surface area (Å²) >= 11 is 0. The van der Waals surface area contributed by atoms with Gasteiger partial charge in [-0.25, -0.2) is 4.68 Å². The molecule has 1 rings (SSSR count). The van der Waals surface area contributed by atoms with E-state index < -0.39 is 0 Å². The van der Waals surface area contributed by atoms with Gasteiger partial charge in [0.1, 0.15) is 0 Å². The molecule has 0 radical (unpaired) electrons. The number of rotatable bonds is 9. The third-order valence-electron chi connectivity index (χ3n) is 2.95. The van der Waals surface area contributed by atoms with Crippen LogP contribution in [0.4, 0.5) is 0 Å². The minimum absolute atomic E-state index is 0.687. The van der Waals surface area contributed by atoms with Gasteiger partial charge >= 0.3 is 0 Å². The molecule has 98 valence electrons. The van der Waals surface area contributed by atoms with E-state index in [0.717, 1.165) is 51.3 Å². The van der Waals surface area contributed by atoms with Crippen molar-refractivity contribution in [3.63, 3.8) is 0 Å². The average molecular weight is 240 g/mol. The molecule has 0 saturated carbocycles. The lowest BCUT2D eigenvalue weighted by Crippen LogP contribution is -2.25. The van der Waals surface area contributed by atoms with E-state index in [0.29, 0.717) is 6.54 Å². The van der Waals surface area contributed by atoms with E-state index in [-0.39, 0.29) is 0 Å². The van der Waals surface area contributed by atoms with Crippen molar-refractivity contribution >= 4 is 0 Å². The van der Waals surface area contributed by atoms with Crippen LogP contribution in [0.15, 0.2) is 0 Å². The predicted octanol–water partition coefficient (Wildman–Crippen LogP) is 0.296. The molecule has 0 bridgehead atoms. The van der Waals surface area contributed by atoms with Crippen LogP contribution in [0.2, 0.25) is 0 Å². The van der Waals surface area contributed by atoms with Crippen molar-refractivity contribution in [2.45, 2.75) is 39.7 Å². The van der Waals surface area contributed by atoms with Crippen LogP contribution < -0.4 is 5.73 Å². The summed E-state index contributed by atoms with van der Waals surface area (Å²) in [6, 6.07) is 0. The number of nitrogens with zero attached hydrogens (tertiary/aromatic N) is 5. The molecule has 0 aromatic carbocycles. The second-order valence-electron chi connectivity index (χ2n) is 4.09. The summed E-state index contributed by atoms with van der Waals surface area (Å²) < 4.78 is 1.90. The number of nitrogens with two attached hydrogens (primary N) is 1. The molecule has 1 aromatic rings. The Morgan fingerprint density at radius 2 is 2.00 bits per heavy atom. The van der Waals surface area contributed by atoms with Gasteiger partial charge in [-0.3, -0.25) is 0 Å². The second-order valence-corrected chi connectivity index (χ2v) is 4.09. The largest absolute Gasteiger partial charge is 0.330 e. The van der Waals surface area contributed by atoms with E-state index in [9.17, 15) is 0 Å². The second kappa shape index (κ2) is 8.14. The zero-order chi connectivity index (χ0) is 12.5. The predicted molar refractivity (Wildman–Crippen MR) is 67.6 cm³/mol. The summed E-state index contributed by atoms with van der Waals surface area (Å²) in [7, 11) is 0. The fourth-order valence-electron chi connectivity index (χ4n) is 1.82. The Morgan fingerprint density at radius 3 is 2.65 bits per heavy atom. The van der Waals surface area contributed by atoms with E-state index in [2.05, 4.69) is 34.3 Å². The molecule has 17 heavy (non-hydrogen) atoms. The Kier molecular flexibility index (Phi) is 6.73. The number of hydrogen-bond donors (Lipinski definition) is 1. The standard InChI is InChI=1S/C11H24N6/c1-3-16(4-2)9-6-10-17-11(7-5-8-12)13-14-15-17/h3-10,12H2,1-2H3. The highest BCUT2D eigenvalue weighted by molar-refractivity contribution is 4.80. The molecular formula is C11H24N6. The summed E-state index contributed by atoms with van der Waals surface area (Å²) in [5.74, 6) is 0.954. The maximum Gasteiger partial charge on any atom is 0.151 e. The van der Waals surface area contributed by atoms with Gasteiger partial charge in [0.2, 0.25) is 0 Å². The molecule has 0 saturated heterocycles. The van der Waals surface area contributed by atoms with Crippen molar-refractivity contribution in [1.82, 2.24) is 25.1 Å². The minimum atomic E-state index is 0.687. The molecule has 0 aliphatic carbocycles. The normalized spacial score (nSPS) is 11.3. The van der Waals surface area contributed by atoms with Gasteiger partial charge < -0.3 is 10.6 Å². The molecule has 1 aromatic heterocycles. The lowest BCUT2D eigenvalue weighted by Gasteiger charge is -2.17. The van der Waals surface area contributed by atoms with Crippen LogP contribution in [0.3, 0.4) is 0 Å². The van der Waals surface area contributed by atoms with Crippen molar-refractivity contribution in [2.75, 3.05) is 26.2 Å². The Hall–Kier alpha value is -1.01. The Balaban J connectivity index is 2.33. The van der Waals surface area contributed by atoms with Crippen LogP contribution in [0.5, 0.6) is 0 Å². The highest BCUT2D eigenvalue weighted by atomic mass is 15.5. The Bertz CT molecular complexity index is 294. The SMILES string of the molecule is CCN(CC)CCCn1nnnc1CCCN. The molecule has 1 heterocycles. The van der Waals surface area contributed by atoms with Crippen LogP contribution in [0.25, 0.3) is 0 Å². The first-order chi connectivity index (χ1) is 8.31. The molecule has 6 heteroatoms. The van der Waals surface area contributed by atoms with Crippen molar-refractivity contribution in [2.24, 2.45) is 5.73 Å². The van der Waals surface area contributed by atoms with Crippen LogP contribution in [0.1, 0.15) is 32.5 Å². The lowest BCUT2D eigenvalue weighted by molar-refractivity contribution is 0.289. The molecule has 0 spiro atoms. The minimum Gasteiger partial charge on any atom is -0.330 e. The molecule has 0 atom stereocenters. The summed E-state index contributed by atoms with van der Waals surface area (Å²) in [4.78, 5) is 2.41. The smallest absolute Gasteiger partial charge is 0.151 e. The van der Waals surface area contributed by atoms with Gasteiger partial charge in [-0.15, -0.1) is 5.10 Å². The van der Waals surface area contributed by atoms with Crippen molar-refractivity contribution in [1.29, 1.82) is 0 Å². The first-order valence-electron chi connectivity index (χ1n) is 6.49. The summed E-state index contributed by atoms with van der Waals surface area (Å²) in [5, 5.41) is 11.8. The number of tetrazole rings is 1. The summed E-state index contributed by atoms with van der Waals surface area (Å²) in [5.41, 5.74) is 5.49. The molecule has 2 N–H and O–H groups in total. The zero-order valence-electron chi connectivity index (χ0n) is 11.0. The van der Waals surface area contributed by atoms with Gasteiger partial charge in [-0.2, -0.15) is 0 Å². The highest BCUT2D eigenvalue weighted by Crippen LogP contribution is 1.99. The third kappa shape index (κ3) is 4.79. The first-order valence-corrected chi connectivity index (χ1v) is 6.49. The zero-order valence-corrected chi connectivity index (χ0v) is 11.0. The monoisotopic (exact) mass is 240 g/mol. The summed E-state index contributed by atoms with van der Waals surface area (Å²) in [6.07, 6.45) is 2.90. The number of aryl methyl sites for hydroxylation is 2. The number of hydrogen-bond acceptors (Lipinski definition) is 5. The summed E-state index contributed by atoms with van der Waals surface area (Å²) in [6.45, 7) is 9.26. The van der Waals surface area contributed by atoms with E-state index in [1.165, 1.54) is 0 Å². The molecular weight excluding hydrogens is 216 g/mol. The van der Waals surface area contributed by atoms with E-state index in [1.807, 2.05) is 4.68 Å². The van der Waals surface area contributed by atoms with Gasteiger partial charge in [0, 0.05) is 13.0 Å². The van der Waals surface area contributed by atoms with E-state index >= 15 is 0 Å². The van der Waals surface area contributed by atoms with Crippen molar-refractivity contribution in [3.05, 3.63) is 5.82 Å². The molecule has 0 aliphatic heterocycles. The average Bonchev–Trinajstić information content (AvgIpc) is 2.79. The van der Waals surface area contributed by atoms with E-state index in [1.54, 1.807) is 0 Å². The van der Waals surface area contributed by atoms with E-state index in [4.69, 9.17) is 5.73 Å². The maximum absolute atomic E-state index is 5.49. The highest BCUT2D eigenvalue weighted by Gasteiger charge is 2.05. The lowest BCUT2D eigenvalue weighted by atomic mass is 10.3. The van der Waals surface area contributed by atoms with Gasteiger partial charge in [0.25, 0.3) is 0 Å². The van der Waals surface area contributed by atoms with Crippen LogP contribution >= 0.6 is 0 Å².